The monoisotopic (exact) mass is 280 g/mol. The highest BCUT2D eigenvalue weighted by molar-refractivity contribution is 5.72. The van der Waals surface area contributed by atoms with Crippen molar-refractivity contribution >= 4 is 5.97 Å². The van der Waals surface area contributed by atoms with Crippen molar-refractivity contribution in [2.45, 2.75) is 45.3 Å². The molecule has 2 N–H and O–H groups in total. The molecule has 0 bridgehead atoms. The van der Waals surface area contributed by atoms with E-state index in [1.165, 1.54) is 0 Å². The predicted molar refractivity (Wildman–Crippen MR) is 77.2 cm³/mol. The maximum absolute atomic E-state index is 11.5. The molecule has 4 heteroatoms. The lowest BCUT2D eigenvalue weighted by Crippen LogP contribution is -2.31. The van der Waals surface area contributed by atoms with Crippen LogP contribution in [0.1, 0.15) is 32.3 Å². The first-order valence-electron chi connectivity index (χ1n) is 7.11. The number of aryl methyl sites for hydroxylation is 1. The number of hydrogen-bond donors (Lipinski definition) is 2. The molecule has 4 nitrogen and oxygen atoms in total. The second-order valence-electron chi connectivity index (χ2n) is 5.02. The first-order valence-corrected chi connectivity index (χ1v) is 7.11. The summed E-state index contributed by atoms with van der Waals surface area (Å²) in [5.41, 5.74) is 1.15. The molecule has 1 aromatic carbocycles. The van der Waals surface area contributed by atoms with Gasteiger partial charge in [0.15, 0.2) is 0 Å². The van der Waals surface area contributed by atoms with Gasteiger partial charge < -0.3 is 14.9 Å². The van der Waals surface area contributed by atoms with Crippen molar-refractivity contribution in [2.75, 3.05) is 6.61 Å². The molecule has 0 aliphatic rings. The van der Waals surface area contributed by atoms with Crippen LogP contribution in [0.5, 0.6) is 0 Å². The fraction of sp³-hybridized carbons (Fsp3) is 0.562. The van der Waals surface area contributed by atoms with Crippen molar-refractivity contribution in [3.05, 3.63) is 35.9 Å². The summed E-state index contributed by atoms with van der Waals surface area (Å²) >= 11 is 0. The molecule has 0 saturated heterocycles. The summed E-state index contributed by atoms with van der Waals surface area (Å²) in [6, 6.07) is 9.87. The Hall–Kier alpha value is -1.39. The van der Waals surface area contributed by atoms with Gasteiger partial charge in [-0.15, -0.1) is 0 Å². The van der Waals surface area contributed by atoms with E-state index >= 15 is 0 Å². The van der Waals surface area contributed by atoms with Crippen LogP contribution < -0.4 is 0 Å². The van der Waals surface area contributed by atoms with Gasteiger partial charge in [0.05, 0.1) is 24.7 Å². The van der Waals surface area contributed by atoms with E-state index in [1.54, 1.807) is 13.8 Å². The third kappa shape index (κ3) is 5.72. The van der Waals surface area contributed by atoms with Crippen LogP contribution in [0, 0.1) is 5.92 Å². The minimum absolute atomic E-state index is 0.187. The van der Waals surface area contributed by atoms with E-state index in [2.05, 4.69) is 0 Å². The third-order valence-corrected chi connectivity index (χ3v) is 3.36. The van der Waals surface area contributed by atoms with Crippen LogP contribution in [0.15, 0.2) is 30.3 Å². The van der Waals surface area contributed by atoms with Gasteiger partial charge in [-0.2, -0.15) is 0 Å². The molecule has 0 unspecified atom stereocenters. The molecular weight excluding hydrogens is 256 g/mol. The van der Waals surface area contributed by atoms with E-state index in [9.17, 15) is 15.0 Å². The molecule has 0 fully saturated rings. The molecule has 0 amide bonds. The highest BCUT2D eigenvalue weighted by Crippen LogP contribution is 2.15. The van der Waals surface area contributed by atoms with Crippen molar-refractivity contribution < 1.29 is 19.7 Å². The number of aliphatic hydroxyl groups excluding tert-OH is 2. The van der Waals surface area contributed by atoms with Crippen molar-refractivity contribution in [3.8, 4) is 0 Å². The molecule has 1 aromatic rings. The smallest absolute Gasteiger partial charge is 0.311 e. The summed E-state index contributed by atoms with van der Waals surface area (Å²) in [4.78, 5) is 11.5. The van der Waals surface area contributed by atoms with E-state index in [1.807, 2.05) is 30.3 Å². The van der Waals surface area contributed by atoms with Gasteiger partial charge in [0.1, 0.15) is 0 Å². The minimum Gasteiger partial charge on any atom is -0.466 e. The van der Waals surface area contributed by atoms with Gasteiger partial charge in [-0.05, 0) is 32.3 Å². The Labute approximate surface area is 120 Å². The third-order valence-electron chi connectivity index (χ3n) is 3.36. The second-order valence-corrected chi connectivity index (χ2v) is 5.02. The molecule has 0 heterocycles. The standard InChI is InChI=1S/C16H24O4/c1-3-20-16(19)12(2)15(18)11-14(17)10-9-13-7-5-4-6-8-13/h4-8,12,14-15,17-18H,3,9-11H2,1-2H3/t12-,14+,15-/m0/s1. The van der Waals surface area contributed by atoms with Crippen LogP contribution in [-0.2, 0) is 16.0 Å². The summed E-state index contributed by atoms with van der Waals surface area (Å²) in [6.07, 6.45) is 0.00766. The Kier molecular flexibility index (Phi) is 7.26. The summed E-state index contributed by atoms with van der Waals surface area (Å²) in [6.45, 7) is 3.64. The Balaban J connectivity index is 2.34. The molecule has 0 aromatic heterocycles. The lowest BCUT2D eigenvalue weighted by Gasteiger charge is -2.20. The van der Waals surface area contributed by atoms with E-state index in [4.69, 9.17) is 4.74 Å². The zero-order chi connectivity index (χ0) is 15.0. The average molecular weight is 280 g/mol. The lowest BCUT2D eigenvalue weighted by atomic mass is 9.96. The molecule has 0 aliphatic heterocycles. The van der Waals surface area contributed by atoms with E-state index in [-0.39, 0.29) is 6.42 Å². The molecule has 1 rings (SSSR count). The SMILES string of the molecule is CCOC(=O)[C@@H](C)[C@@H](O)C[C@H](O)CCc1ccccc1. The van der Waals surface area contributed by atoms with Crippen LogP contribution in [0.3, 0.4) is 0 Å². The maximum atomic E-state index is 11.5. The number of rotatable bonds is 8. The summed E-state index contributed by atoms with van der Waals surface area (Å²) in [5.74, 6) is -1.03. The molecule has 0 spiro atoms. The Bertz CT molecular complexity index is 391. The topological polar surface area (TPSA) is 66.8 Å². The van der Waals surface area contributed by atoms with Gasteiger partial charge in [-0.25, -0.2) is 0 Å². The highest BCUT2D eigenvalue weighted by atomic mass is 16.5. The minimum atomic E-state index is -0.875. The predicted octanol–water partition coefficient (Wildman–Crippen LogP) is 1.93. The van der Waals surface area contributed by atoms with Crippen LogP contribution in [0.25, 0.3) is 0 Å². The maximum Gasteiger partial charge on any atom is 0.311 e. The zero-order valence-electron chi connectivity index (χ0n) is 12.2. The number of carbonyl (C=O) groups is 1. The zero-order valence-corrected chi connectivity index (χ0v) is 12.2. The molecule has 0 aliphatic carbocycles. The van der Waals surface area contributed by atoms with Gasteiger partial charge in [0.25, 0.3) is 0 Å². The van der Waals surface area contributed by atoms with Crippen molar-refractivity contribution in [3.63, 3.8) is 0 Å². The summed E-state index contributed by atoms with van der Waals surface area (Å²) < 4.78 is 4.86. The van der Waals surface area contributed by atoms with Gasteiger partial charge in [-0.1, -0.05) is 30.3 Å². The normalized spacial score (nSPS) is 15.4. The van der Waals surface area contributed by atoms with Crippen LogP contribution >= 0.6 is 0 Å². The van der Waals surface area contributed by atoms with E-state index in [0.717, 1.165) is 12.0 Å². The molecule has 0 saturated carbocycles. The van der Waals surface area contributed by atoms with Gasteiger partial charge in [-0.3, -0.25) is 4.79 Å². The van der Waals surface area contributed by atoms with Crippen molar-refractivity contribution in [2.24, 2.45) is 5.92 Å². The summed E-state index contributed by atoms with van der Waals surface area (Å²) in [7, 11) is 0. The Morgan fingerprint density at radius 3 is 2.50 bits per heavy atom. The van der Waals surface area contributed by atoms with Gasteiger partial charge >= 0.3 is 5.97 Å². The van der Waals surface area contributed by atoms with E-state index in [0.29, 0.717) is 13.0 Å². The summed E-state index contributed by atoms with van der Waals surface area (Å²) in [5, 5.41) is 19.9. The number of aliphatic hydroxyl groups is 2. The highest BCUT2D eigenvalue weighted by Gasteiger charge is 2.25. The quantitative estimate of drug-likeness (QED) is 0.714. The molecule has 20 heavy (non-hydrogen) atoms. The first kappa shape index (κ1) is 16.7. The number of hydrogen-bond acceptors (Lipinski definition) is 4. The molecule has 0 radical (unpaired) electrons. The number of esters is 1. The number of carbonyl (C=O) groups excluding carboxylic acids is 1. The lowest BCUT2D eigenvalue weighted by molar-refractivity contribution is -0.151. The number of ether oxygens (including phenoxy) is 1. The van der Waals surface area contributed by atoms with Crippen LogP contribution in [0.4, 0.5) is 0 Å². The Morgan fingerprint density at radius 2 is 1.90 bits per heavy atom. The molecular formula is C16H24O4. The number of benzene rings is 1. The van der Waals surface area contributed by atoms with Crippen LogP contribution in [0.2, 0.25) is 0 Å². The molecule has 3 atom stereocenters. The van der Waals surface area contributed by atoms with Crippen LogP contribution in [-0.4, -0.2) is 35.0 Å². The van der Waals surface area contributed by atoms with Gasteiger partial charge in [0, 0.05) is 6.42 Å². The largest absolute Gasteiger partial charge is 0.466 e. The fourth-order valence-corrected chi connectivity index (χ4v) is 2.01. The average Bonchev–Trinajstić information content (AvgIpc) is 2.45. The second kappa shape index (κ2) is 8.72. The van der Waals surface area contributed by atoms with Gasteiger partial charge in [0.2, 0.25) is 0 Å². The Morgan fingerprint density at radius 1 is 1.25 bits per heavy atom. The fourth-order valence-electron chi connectivity index (χ4n) is 2.01. The van der Waals surface area contributed by atoms with E-state index < -0.39 is 24.1 Å². The molecule has 112 valence electrons. The van der Waals surface area contributed by atoms with Crippen molar-refractivity contribution in [1.29, 1.82) is 0 Å². The first-order chi connectivity index (χ1) is 9.54. The van der Waals surface area contributed by atoms with Crippen molar-refractivity contribution in [1.82, 2.24) is 0 Å².